The van der Waals surface area contributed by atoms with E-state index in [0.29, 0.717) is 5.78 Å². The topological polar surface area (TPSA) is 30.2 Å². The second-order valence-electron chi connectivity index (χ2n) is 21.3. The van der Waals surface area contributed by atoms with Crippen molar-refractivity contribution in [1.82, 2.24) is 14.4 Å². The zero-order chi connectivity index (χ0) is 48.0. The maximum Gasteiger partial charge on any atom is 0.234 e. The van der Waals surface area contributed by atoms with Crippen molar-refractivity contribution in [2.45, 2.75) is 44.9 Å². The Labute approximate surface area is 419 Å². The lowest BCUT2D eigenvalue weighted by Gasteiger charge is -2.25. The van der Waals surface area contributed by atoms with Crippen molar-refractivity contribution in [3.63, 3.8) is 0 Å². The predicted octanol–water partition coefficient (Wildman–Crippen LogP) is 17.6. The fourth-order valence-electron chi connectivity index (χ4n) is 13.1. The predicted molar refractivity (Wildman–Crippen MR) is 299 cm³/mol. The molecule has 0 atom stereocenters. The first kappa shape index (κ1) is 41.2. The molecular formula is C69H49N3. The Balaban J connectivity index is 0.908. The quantitative estimate of drug-likeness (QED) is 0.161. The van der Waals surface area contributed by atoms with Crippen molar-refractivity contribution in [2.75, 3.05) is 0 Å². The normalized spacial score (nSPS) is 14.3. The average molecular weight is 920 g/mol. The molecule has 0 radical (unpaired) electrons. The minimum absolute atomic E-state index is 0.117. The van der Waals surface area contributed by atoms with E-state index in [-0.39, 0.29) is 10.8 Å². The molecule has 0 saturated carbocycles. The smallest absolute Gasteiger partial charge is 0.234 e. The van der Waals surface area contributed by atoms with Crippen LogP contribution in [0.1, 0.15) is 61.1 Å². The molecule has 3 aliphatic rings. The van der Waals surface area contributed by atoms with Crippen molar-refractivity contribution < 1.29 is 0 Å². The number of nitrogens with zero attached hydrogens (tertiary/aromatic N) is 3. The van der Waals surface area contributed by atoms with E-state index in [1.165, 1.54) is 122 Å². The van der Waals surface area contributed by atoms with Gasteiger partial charge in [0.25, 0.3) is 0 Å². The minimum atomic E-state index is -0.255. The lowest BCUT2D eigenvalue weighted by molar-refractivity contribution is 0.660. The van der Waals surface area contributed by atoms with E-state index in [0.717, 1.165) is 28.9 Å². The van der Waals surface area contributed by atoms with Gasteiger partial charge in [0.05, 0.1) is 11.4 Å². The van der Waals surface area contributed by atoms with Crippen LogP contribution in [0.5, 0.6) is 0 Å². The molecule has 3 aliphatic carbocycles. The number of hydrogen-bond donors (Lipinski definition) is 0. The summed E-state index contributed by atoms with van der Waals surface area (Å²) in [7, 11) is 0. The van der Waals surface area contributed by atoms with Gasteiger partial charge in [0, 0.05) is 34.4 Å². The van der Waals surface area contributed by atoms with E-state index < -0.39 is 0 Å². The molecule has 0 N–H and O–H groups in total. The molecule has 0 unspecified atom stereocenters. The highest BCUT2D eigenvalue weighted by Crippen LogP contribution is 2.56. The highest BCUT2D eigenvalue weighted by atomic mass is 15.1. The van der Waals surface area contributed by atoms with Crippen LogP contribution < -0.4 is 0 Å². The van der Waals surface area contributed by atoms with Crippen LogP contribution in [0.15, 0.2) is 213 Å². The number of aromatic nitrogens is 3. The second kappa shape index (κ2) is 14.9. The standard InChI is InChI=1S/C69H49N3/c1-68(2)59-22-13-12-19-51(59)52-32-29-47(38-61(52)68)64-55-21-11-10-20-54(55)63(46-28-30-50-48(36-46)35-45-17-8-9-18-49(45)50)58-40-62-56(39-57(58)64)53-31-27-44(37-60(53)69(62,3)4)41-23-25-42(26-24-41)65-66(43-15-6-5-7-16-43)72-34-14-33-70-67(72)71-65/h5-34,36-40H,35H2,1-4H3. The second-order valence-corrected chi connectivity index (χ2v) is 21.3. The summed E-state index contributed by atoms with van der Waals surface area (Å²) in [6.45, 7) is 9.63. The van der Waals surface area contributed by atoms with E-state index in [2.05, 4.69) is 231 Å². The Morgan fingerprint density at radius 3 is 1.69 bits per heavy atom. The van der Waals surface area contributed by atoms with Crippen molar-refractivity contribution in [3.05, 3.63) is 246 Å². The summed E-state index contributed by atoms with van der Waals surface area (Å²) in [5, 5.41) is 5.16. The van der Waals surface area contributed by atoms with Gasteiger partial charge in [-0.15, -0.1) is 0 Å². The number of imidazole rings is 1. The third kappa shape index (κ3) is 5.79. The first-order valence-corrected chi connectivity index (χ1v) is 25.3. The Hall–Kier alpha value is -8.66. The van der Waals surface area contributed by atoms with Gasteiger partial charge in [0.15, 0.2) is 0 Å². The van der Waals surface area contributed by atoms with Gasteiger partial charge in [-0.3, -0.25) is 4.40 Å². The van der Waals surface area contributed by atoms with Crippen molar-refractivity contribution in [1.29, 1.82) is 0 Å². The van der Waals surface area contributed by atoms with Crippen LogP contribution in [0.2, 0.25) is 0 Å². The molecule has 72 heavy (non-hydrogen) atoms. The number of benzene rings is 10. The molecule has 3 heteroatoms. The molecule has 0 bridgehead atoms. The zero-order valence-electron chi connectivity index (χ0n) is 40.8. The minimum Gasteiger partial charge on any atom is -0.283 e. The number of fused-ring (bicyclic) bond motifs is 12. The largest absolute Gasteiger partial charge is 0.283 e. The number of rotatable bonds is 5. The molecule has 12 aromatic rings. The SMILES string of the molecule is CC1(C)c2ccccc2-c2ccc(-c3c4ccccc4c(-c4ccc5c(c4)Cc4ccccc4-5)c4cc5c(cc34)-c3ccc(-c4ccc(-c6nc7ncccn7c6-c6ccccc6)cc4)cc3C5(C)C)cc21. The van der Waals surface area contributed by atoms with Crippen LogP contribution in [0, 0.1) is 0 Å². The molecule has 0 fully saturated rings. The van der Waals surface area contributed by atoms with E-state index in [1.54, 1.807) is 0 Å². The average Bonchev–Trinajstić information content (AvgIpc) is 4.12. The summed E-state index contributed by atoms with van der Waals surface area (Å²) >= 11 is 0. The van der Waals surface area contributed by atoms with E-state index >= 15 is 0 Å². The van der Waals surface area contributed by atoms with E-state index in [9.17, 15) is 0 Å². The maximum atomic E-state index is 5.05. The molecule has 0 saturated heterocycles. The highest BCUT2D eigenvalue weighted by Gasteiger charge is 2.38. The lowest BCUT2D eigenvalue weighted by atomic mass is 9.78. The van der Waals surface area contributed by atoms with Gasteiger partial charge in [-0.2, -0.15) is 0 Å². The maximum absolute atomic E-state index is 5.05. The fourth-order valence-corrected chi connectivity index (χ4v) is 13.1. The first-order chi connectivity index (χ1) is 35.2. The summed E-state index contributed by atoms with van der Waals surface area (Å²) in [5.41, 5.74) is 27.7. The molecule has 3 nitrogen and oxygen atoms in total. The third-order valence-electron chi connectivity index (χ3n) is 16.7. The van der Waals surface area contributed by atoms with Gasteiger partial charge in [-0.25, -0.2) is 9.97 Å². The fraction of sp³-hybridized carbons (Fsp3) is 0.101. The molecule has 15 rings (SSSR count). The molecule has 0 spiro atoms. The van der Waals surface area contributed by atoms with E-state index in [4.69, 9.17) is 4.98 Å². The van der Waals surface area contributed by atoms with Crippen LogP contribution in [-0.4, -0.2) is 14.4 Å². The van der Waals surface area contributed by atoms with E-state index in [1.807, 2.05) is 18.5 Å². The van der Waals surface area contributed by atoms with Crippen LogP contribution >= 0.6 is 0 Å². The molecule has 0 aliphatic heterocycles. The van der Waals surface area contributed by atoms with Crippen LogP contribution in [-0.2, 0) is 17.3 Å². The van der Waals surface area contributed by atoms with Crippen LogP contribution in [0.4, 0.5) is 0 Å². The van der Waals surface area contributed by atoms with Gasteiger partial charge in [0.1, 0.15) is 0 Å². The Kier molecular flexibility index (Phi) is 8.53. The monoisotopic (exact) mass is 919 g/mol. The molecule has 340 valence electrons. The summed E-state index contributed by atoms with van der Waals surface area (Å²) < 4.78 is 2.09. The van der Waals surface area contributed by atoms with Crippen molar-refractivity contribution in [2.24, 2.45) is 0 Å². The third-order valence-corrected chi connectivity index (χ3v) is 16.7. The molecule has 2 aromatic heterocycles. The Morgan fingerprint density at radius 1 is 0.375 bits per heavy atom. The summed E-state index contributed by atoms with van der Waals surface area (Å²) in [6, 6.07) is 75.3. The molecule has 0 amide bonds. The van der Waals surface area contributed by atoms with Crippen molar-refractivity contribution >= 4 is 27.3 Å². The Bertz CT molecular complexity index is 4280. The first-order valence-electron chi connectivity index (χ1n) is 25.3. The van der Waals surface area contributed by atoms with Gasteiger partial charge < -0.3 is 0 Å². The molecule has 10 aromatic carbocycles. The summed E-state index contributed by atoms with van der Waals surface area (Å²) in [4.78, 5) is 9.66. The summed E-state index contributed by atoms with van der Waals surface area (Å²) in [6.07, 6.45) is 4.81. The molecular weight excluding hydrogens is 871 g/mol. The van der Waals surface area contributed by atoms with Gasteiger partial charge in [-0.05, 0) is 158 Å². The lowest BCUT2D eigenvalue weighted by Crippen LogP contribution is -2.15. The highest BCUT2D eigenvalue weighted by molar-refractivity contribution is 6.23. The van der Waals surface area contributed by atoms with Crippen LogP contribution in [0.25, 0.3) is 117 Å². The Morgan fingerprint density at radius 2 is 0.917 bits per heavy atom. The van der Waals surface area contributed by atoms with Gasteiger partial charge in [0.2, 0.25) is 5.78 Å². The van der Waals surface area contributed by atoms with Crippen molar-refractivity contribution in [3.8, 4) is 89.3 Å². The number of hydrogen-bond acceptors (Lipinski definition) is 2. The summed E-state index contributed by atoms with van der Waals surface area (Å²) in [5.74, 6) is 0.691. The molecule has 2 heterocycles. The van der Waals surface area contributed by atoms with Crippen LogP contribution in [0.3, 0.4) is 0 Å². The van der Waals surface area contributed by atoms with Gasteiger partial charge >= 0.3 is 0 Å². The van der Waals surface area contributed by atoms with Gasteiger partial charge in [-0.1, -0.05) is 198 Å². The zero-order valence-corrected chi connectivity index (χ0v) is 40.8.